The molecule has 0 saturated heterocycles. The fourth-order valence-corrected chi connectivity index (χ4v) is 1.91. The maximum atomic E-state index is 5.39. The molecule has 0 saturated carbocycles. The summed E-state index contributed by atoms with van der Waals surface area (Å²) in [5.41, 5.74) is 0.181. The van der Waals surface area contributed by atoms with E-state index in [1.54, 1.807) is 0 Å². The van der Waals surface area contributed by atoms with Gasteiger partial charge in [-0.15, -0.1) is 0 Å². The van der Waals surface area contributed by atoms with E-state index >= 15 is 0 Å². The second-order valence-corrected chi connectivity index (χ2v) is 6.43. The van der Waals surface area contributed by atoms with Gasteiger partial charge in [0.2, 0.25) is 5.89 Å². The van der Waals surface area contributed by atoms with E-state index in [4.69, 9.17) is 4.52 Å². The minimum absolute atomic E-state index is 0.181. The number of rotatable bonds is 7. The molecule has 0 spiro atoms. The van der Waals surface area contributed by atoms with Crippen LogP contribution in [0.25, 0.3) is 0 Å². The molecule has 0 amide bonds. The van der Waals surface area contributed by atoms with Crippen molar-refractivity contribution < 1.29 is 4.52 Å². The van der Waals surface area contributed by atoms with Gasteiger partial charge in [0, 0.05) is 18.4 Å². The van der Waals surface area contributed by atoms with E-state index < -0.39 is 0 Å². The number of hydrogen-bond donors (Lipinski definition) is 1. The Morgan fingerprint density at radius 1 is 1.26 bits per heavy atom. The predicted molar refractivity (Wildman–Crippen MR) is 78.2 cm³/mol. The second kappa shape index (κ2) is 7.04. The van der Waals surface area contributed by atoms with Crippen LogP contribution in [0.3, 0.4) is 0 Å². The lowest BCUT2D eigenvalue weighted by Crippen LogP contribution is -2.42. The summed E-state index contributed by atoms with van der Waals surface area (Å²) < 4.78 is 5.39. The second-order valence-electron chi connectivity index (χ2n) is 6.43. The first-order valence-electron chi connectivity index (χ1n) is 7.44. The zero-order chi connectivity index (χ0) is 14.5. The van der Waals surface area contributed by atoms with Gasteiger partial charge in [-0.1, -0.05) is 46.7 Å². The molecule has 1 N–H and O–H groups in total. The van der Waals surface area contributed by atoms with Crippen molar-refractivity contribution in [3.05, 3.63) is 11.7 Å². The SMILES string of the molecule is CCCNC(Cc1nc(C(C)CC)no1)C(C)(C)C. The lowest BCUT2D eigenvalue weighted by Gasteiger charge is -2.30. The Labute approximate surface area is 117 Å². The highest BCUT2D eigenvalue weighted by Gasteiger charge is 2.26. The molecule has 2 atom stereocenters. The fourth-order valence-electron chi connectivity index (χ4n) is 1.91. The first-order valence-corrected chi connectivity index (χ1v) is 7.44. The lowest BCUT2D eigenvalue weighted by molar-refractivity contribution is 0.244. The molecule has 0 aliphatic carbocycles. The third-order valence-electron chi connectivity index (χ3n) is 3.60. The Hall–Kier alpha value is -0.900. The maximum absolute atomic E-state index is 5.39. The van der Waals surface area contributed by atoms with Crippen LogP contribution in [0, 0.1) is 5.41 Å². The largest absolute Gasteiger partial charge is 0.339 e. The summed E-state index contributed by atoms with van der Waals surface area (Å²) >= 11 is 0. The van der Waals surface area contributed by atoms with E-state index in [1.165, 1.54) is 0 Å². The molecule has 110 valence electrons. The Bertz CT molecular complexity index is 368. The van der Waals surface area contributed by atoms with Crippen molar-refractivity contribution in [1.29, 1.82) is 0 Å². The summed E-state index contributed by atoms with van der Waals surface area (Å²) in [6.07, 6.45) is 2.97. The number of nitrogens with zero attached hydrogens (tertiary/aromatic N) is 2. The molecule has 4 heteroatoms. The van der Waals surface area contributed by atoms with Crippen LogP contribution in [0.4, 0.5) is 0 Å². The number of aromatic nitrogens is 2. The molecule has 0 aromatic carbocycles. The third kappa shape index (κ3) is 4.94. The van der Waals surface area contributed by atoms with Gasteiger partial charge in [0.25, 0.3) is 0 Å². The van der Waals surface area contributed by atoms with Crippen molar-refractivity contribution in [2.24, 2.45) is 5.41 Å². The zero-order valence-corrected chi connectivity index (χ0v) is 13.3. The van der Waals surface area contributed by atoms with Crippen molar-refractivity contribution in [3.8, 4) is 0 Å². The summed E-state index contributed by atoms with van der Waals surface area (Å²) in [4.78, 5) is 4.52. The molecule has 4 nitrogen and oxygen atoms in total. The van der Waals surface area contributed by atoms with Gasteiger partial charge in [-0.05, 0) is 24.8 Å². The van der Waals surface area contributed by atoms with Gasteiger partial charge in [0.1, 0.15) is 0 Å². The average molecular weight is 267 g/mol. The molecule has 19 heavy (non-hydrogen) atoms. The molecular weight excluding hydrogens is 238 g/mol. The Kier molecular flexibility index (Phi) is 5.98. The van der Waals surface area contributed by atoms with Crippen LogP contribution >= 0.6 is 0 Å². The zero-order valence-electron chi connectivity index (χ0n) is 13.3. The minimum Gasteiger partial charge on any atom is -0.339 e. The maximum Gasteiger partial charge on any atom is 0.228 e. The highest BCUT2D eigenvalue weighted by atomic mass is 16.5. The van der Waals surface area contributed by atoms with E-state index in [-0.39, 0.29) is 5.41 Å². The van der Waals surface area contributed by atoms with Crippen LogP contribution in [0.2, 0.25) is 0 Å². The van der Waals surface area contributed by atoms with Crippen LogP contribution in [0.15, 0.2) is 4.52 Å². The first-order chi connectivity index (χ1) is 8.88. The quantitative estimate of drug-likeness (QED) is 0.821. The number of nitrogens with one attached hydrogen (secondary N) is 1. The van der Waals surface area contributed by atoms with E-state index in [0.29, 0.717) is 12.0 Å². The Morgan fingerprint density at radius 3 is 2.47 bits per heavy atom. The molecule has 1 rings (SSSR count). The first kappa shape index (κ1) is 16.2. The third-order valence-corrected chi connectivity index (χ3v) is 3.60. The van der Waals surface area contributed by atoms with Crippen molar-refractivity contribution >= 4 is 0 Å². The van der Waals surface area contributed by atoms with E-state index in [0.717, 1.165) is 37.5 Å². The summed E-state index contributed by atoms with van der Waals surface area (Å²) in [6, 6.07) is 0.359. The molecule has 0 aliphatic heterocycles. The smallest absolute Gasteiger partial charge is 0.228 e. The normalized spacial score (nSPS) is 15.5. The van der Waals surface area contributed by atoms with Gasteiger partial charge < -0.3 is 9.84 Å². The van der Waals surface area contributed by atoms with Gasteiger partial charge in [-0.2, -0.15) is 4.98 Å². The summed E-state index contributed by atoms with van der Waals surface area (Å²) in [6.45, 7) is 14.2. The molecule has 1 aromatic rings. The highest BCUT2D eigenvalue weighted by Crippen LogP contribution is 2.23. The van der Waals surface area contributed by atoms with Crippen LogP contribution < -0.4 is 5.32 Å². The topological polar surface area (TPSA) is 51.0 Å². The molecule has 0 bridgehead atoms. The number of hydrogen-bond acceptors (Lipinski definition) is 4. The van der Waals surface area contributed by atoms with E-state index in [2.05, 4.69) is 57.0 Å². The predicted octanol–water partition coefficient (Wildman–Crippen LogP) is 3.54. The van der Waals surface area contributed by atoms with Gasteiger partial charge >= 0.3 is 0 Å². The van der Waals surface area contributed by atoms with Crippen molar-refractivity contribution in [1.82, 2.24) is 15.5 Å². The molecule has 0 fully saturated rings. The summed E-state index contributed by atoms with van der Waals surface area (Å²) in [5.74, 6) is 1.95. The highest BCUT2D eigenvalue weighted by molar-refractivity contribution is 4.96. The average Bonchev–Trinajstić information content (AvgIpc) is 2.80. The Morgan fingerprint density at radius 2 is 1.95 bits per heavy atom. The van der Waals surface area contributed by atoms with E-state index in [9.17, 15) is 0 Å². The van der Waals surface area contributed by atoms with Crippen LogP contribution in [-0.4, -0.2) is 22.7 Å². The van der Waals surface area contributed by atoms with Gasteiger partial charge in [0.15, 0.2) is 5.82 Å². The molecule has 1 aromatic heterocycles. The Balaban J connectivity index is 2.70. The van der Waals surface area contributed by atoms with E-state index in [1.807, 2.05) is 0 Å². The molecular formula is C15H29N3O. The minimum atomic E-state index is 0.181. The molecule has 2 unspecified atom stereocenters. The van der Waals surface area contributed by atoms with Crippen molar-refractivity contribution in [2.75, 3.05) is 6.54 Å². The standard InChI is InChI=1S/C15H29N3O/c1-7-9-16-12(15(4,5)6)10-13-17-14(18-19-13)11(3)8-2/h11-12,16H,7-10H2,1-6H3. The van der Waals surface area contributed by atoms with Crippen LogP contribution in [0.1, 0.15) is 72.0 Å². The molecule has 0 radical (unpaired) electrons. The molecule has 1 heterocycles. The van der Waals surface area contributed by atoms with Crippen molar-refractivity contribution in [3.63, 3.8) is 0 Å². The van der Waals surface area contributed by atoms with Crippen molar-refractivity contribution in [2.45, 2.75) is 72.8 Å². The summed E-state index contributed by atoms with van der Waals surface area (Å²) in [5, 5.41) is 7.67. The monoisotopic (exact) mass is 267 g/mol. The fraction of sp³-hybridized carbons (Fsp3) is 0.867. The molecule has 0 aliphatic rings. The lowest BCUT2D eigenvalue weighted by atomic mass is 9.84. The van der Waals surface area contributed by atoms with Crippen LogP contribution in [-0.2, 0) is 6.42 Å². The van der Waals surface area contributed by atoms with Gasteiger partial charge in [-0.25, -0.2) is 0 Å². The van der Waals surface area contributed by atoms with Gasteiger partial charge in [-0.3, -0.25) is 0 Å². The summed E-state index contributed by atoms with van der Waals surface area (Å²) in [7, 11) is 0. The van der Waals surface area contributed by atoms with Gasteiger partial charge in [0.05, 0.1) is 0 Å². The van der Waals surface area contributed by atoms with Crippen LogP contribution in [0.5, 0.6) is 0 Å².